The van der Waals surface area contributed by atoms with E-state index in [4.69, 9.17) is 39.5 Å². The monoisotopic (exact) mass is 397 g/mol. The molecule has 0 spiro atoms. The van der Waals surface area contributed by atoms with Crippen LogP contribution in [0.15, 0.2) is 30.3 Å². The molecule has 0 aliphatic rings. The number of carbonyl (C=O) groups excluding carboxylic acids is 1. The van der Waals surface area contributed by atoms with Gasteiger partial charge < -0.3 is 10.1 Å². The van der Waals surface area contributed by atoms with Gasteiger partial charge in [0.2, 0.25) is 0 Å². The van der Waals surface area contributed by atoms with Crippen molar-refractivity contribution in [2.24, 2.45) is 0 Å². The summed E-state index contributed by atoms with van der Waals surface area (Å²) in [4.78, 5) is 12.2. The van der Waals surface area contributed by atoms with Gasteiger partial charge in [-0.1, -0.05) is 34.8 Å². The largest absolute Gasteiger partial charge is 0.494 e. The Kier molecular flexibility index (Phi) is 5.52. The minimum Gasteiger partial charge on any atom is -0.494 e. The maximum atomic E-state index is 12.6. The van der Waals surface area contributed by atoms with Crippen molar-refractivity contribution in [2.75, 3.05) is 12.4 Å². The number of carbonyl (C=O) groups is 1. The first kappa shape index (κ1) is 18.7. The van der Waals surface area contributed by atoms with Crippen LogP contribution in [0.25, 0.3) is 0 Å². The predicted molar refractivity (Wildman–Crippen MR) is 87.4 cm³/mol. The summed E-state index contributed by atoms with van der Waals surface area (Å²) in [6.07, 6.45) is -4.52. The number of hydrogen-bond donors (Lipinski definition) is 1. The summed E-state index contributed by atoms with van der Waals surface area (Å²) in [5.74, 6) is -0.425. The molecule has 0 atom stereocenters. The van der Waals surface area contributed by atoms with Crippen molar-refractivity contribution in [3.63, 3.8) is 0 Å². The number of rotatable bonds is 3. The third-order valence-electron chi connectivity index (χ3n) is 3.01. The molecule has 0 saturated carbocycles. The van der Waals surface area contributed by atoms with Crippen LogP contribution in [0, 0.1) is 0 Å². The Morgan fingerprint density at radius 1 is 1.04 bits per heavy atom. The highest BCUT2D eigenvalue weighted by Gasteiger charge is 2.31. The molecule has 9 heteroatoms. The Morgan fingerprint density at radius 2 is 1.62 bits per heavy atom. The number of amides is 1. The van der Waals surface area contributed by atoms with E-state index in [2.05, 4.69) is 5.32 Å². The summed E-state index contributed by atoms with van der Waals surface area (Å²) in [7, 11) is 1.37. The molecule has 0 fully saturated rings. The number of anilines is 1. The van der Waals surface area contributed by atoms with Crippen molar-refractivity contribution in [3.8, 4) is 5.75 Å². The number of benzene rings is 2. The molecule has 128 valence electrons. The standard InChI is InChI=1S/C15H9Cl3F3NO2/c1-24-13-10(17)4-7(5-11(13)18)14(23)22-12-3-2-8(6-9(12)16)15(19,20)21/h2-6H,1H3,(H,22,23). The van der Waals surface area contributed by atoms with Crippen molar-refractivity contribution >= 4 is 46.4 Å². The maximum absolute atomic E-state index is 12.6. The smallest absolute Gasteiger partial charge is 0.416 e. The number of ether oxygens (including phenoxy) is 1. The van der Waals surface area contributed by atoms with Crippen LogP contribution in [-0.4, -0.2) is 13.0 Å². The Labute approximate surface area is 150 Å². The zero-order chi connectivity index (χ0) is 18.1. The molecule has 0 heterocycles. The van der Waals surface area contributed by atoms with E-state index in [-0.39, 0.29) is 32.1 Å². The lowest BCUT2D eigenvalue weighted by Gasteiger charge is -2.12. The van der Waals surface area contributed by atoms with E-state index >= 15 is 0 Å². The zero-order valence-corrected chi connectivity index (χ0v) is 14.2. The second-order valence-electron chi connectivity index (χ2n) is 4.62. The molecule has 0 aromatic heterocycles. The molecule has 0 radical (unpaired) electrons. The summed E-state index contributed by atoms with van der Waals surface area (Å²) in [6, 6.07) is 5.25. The third-order valence-corrected chi connectivity index (χ3v) is 3.88. The Morgan fingerprint density at radius 3 is 2.08 bits per heavy atom. The van der Waals surface area contributed by atoms with Gasteiger partial charge in [0.15, 0.2) is 5.75 Å². The minimum absolute atomic E-state index is 0.0257. The van der Waals surface area contributed by atoms with Gasteiger partial charge >= 0.3 is 6.18 Å². The fraction of sp³-hybridized carbons (Fsp3) is 0.133. The summed E-state index contributed by atoms with van der Waals surface area (Å²) in [5.41, 5.74) is -0.791. The predicted octanol–water partition coefficient (Wildman–Crippen LogP) is 5.93. The van der Waals surface area contributed by atoms with Gasteiger partial charge in [-0.05, 0) is 30.3 Å². The molecule has 0 unspecified atom stereocenters. The number of halogens is 6. The molecule has 0 bridgehead atoms. The summed E-state index contributed by atoms with van der Waals surface area (Å²) in [5, 5.41) is 2.39. The molecular formula is C15H9Cl3F3NO2. The average Bonchev–Trinajstić information content (AvgIpc) is 2.47. The van der Waals surface area contributed by atoms with Gasteiger partial charge in [-0.3, -0.25) is 4.79 Å². The molecule has 3 nitrogen and oxygen atoms in total. The fourth-order valence-electron chi connectivity index (χ4n) is 1.87. The highest BCUT2D eigenvalue weighted by Crippen LogP contribution is 2.35. The normalized spacial score (nSPS) is 11.3. The SMILES string of the molecule is COc1c(Cl)cc(C(=O)Nc2ccc(C(F)(F)F)cc2Cl)cc1Cl. The third kappa shape index (κ3) is 4.06. The second-order valence-corrected chi connectivity index (χ2v) is 5.84. The van der Waals surface area contributed by atoms with Crippen molar-refractivity contribution in [1.29, 1.82) is 0 Å². The van der Waals surface area contributed by atoms with Crippen LogP contribution in [0.5, 0.6) is 5.75 Å². The lowest BCUT2D eigenvalue weighted by Crippen LogP contribution is -2.13. The first-order valence-electron chi connectivity index (χ1n) is 6.34. The van der Waals surface area contributed by atoms with Crippen molar-refractivity contribution in [1.82, 2.24) is 0 Å². The molecule has 0 saturated heterocycles. The molecule has 1 amide bonds. The molecule has 0 aliphatic carbocycles. The van der Waals surface area contributed by atoms with E-state index in [9.17, 15) is 18.0 Å². The van der Waals surface area contributed by atoms with Gasteiger partial charge in [0.25, 0.3) is 5.91 Å². The summed E-state index contributed by atoms with van der Waals surface area (Å²) >= 11 is 17.7. The van der Waals surface area contributed by atoms with Crippen LogP contribution >= 0.6 is 34.8 Å². The quantitative estimate of drug-likeness (QED) is 0.696. The van der Waals surface area contributed by atoms with E-state index in [0.717, 1.165) is 18.2 Å². The molecular weight excluding hydrogens is 390 g/mol. The Bertz CT molecular complexity index is 771. The lowest BCUT2D eigenvalue weighted by molar-refractivity contribution is -0.137. The summed E-state index contributed by atoms with van der Waals surface area (Å²) < 4.78 is 42.8. The minimum atomic E-state index is -4.52. The van der Waals surface area contributed by atoms with Gasteiger partial charge in [-0.25, -0.2) is 0 Å². The molecule has 1 N–H and O–H groups in total. The molecule has 24 heavy (non-hydrogen) atoms. The first-order chi connectivity index (χ1) is 11.1. The van der Waals surface area contributed by atoms with E-state index in [0.29, 0.717) is 0 Å². The molecule has 2 aromatic carbocycles. The zero-order valence-electron chi connectivity index (χ0n) is 12.0. The van der Waals surface area contributed by atoms with Crippen molar-refractivity contribution in [2.45, 2.75) is 6.18 Å². The maximum Gasteiger partial charge on any atom is 0.416 e. The molecule has 2 rings (SSSR count). The van der Waals surface area contributed by atoms with E-state index in [1.165, 1.54) is 19.2 Å². The fourth-order valence-corrected chi connectivity index (χ4v) is 2.74. The van der Waals surface area contributed by atoms with Gasteiger partial charge in [-0.15, -0.1) is 0 Å². The van der Waals surface area contributed by atoms with Gasteiger partial charge in [-0.2, -0.15) is 13.2 Å². The van der Waals surface area contributed by atoms with Gasteiger partial charge in [0.1, 0.15) is 0 Å². The van der Waals surface area contributed by atoms with Crippen LogP contribution < -0.4 is 10.1 Å². The Hall–Kier alpha value is -1.63. The number of methoxy groups -OCH3 is 1. The van der Waals surface area contributed by atoms with Crippen molar-refractivity contribution < 1.29 is 22.7 Å². The second kappa shape index (κ2) is 7.09. The Balaban J connectivity index is 2.27. The van der Waals surface area contributed by atoms with E-state index in [1.54, 1.807) is 0 Å². The number of alkyl halides is 3. The van der Waals surface area contributed by atoms with E-state index in [1.807, 2.05) is 0 Å². The van der Waals surface area contributed by atoms with Crippen LogP contribution in [0.4, 0.5) is 18.9 Å². The van der Waals surface area contributed by atoms with Crippen LogP contribution in [0.1, 0.15) is 15.9 Å². The van der Waals surface area contributed by atoms with Crippen LogP contribution in [0.2, 0.25) is 15.1 Å². The van der Waals surface area contributed by atoms with Gasteiger partial charge in [0, 0.05) is 5.56 Å². The van der Waals surface area contributed by atoms with Crippen LogP contribution in [0.3, 0.4) is 0 Å². The van der Waals surface area contributed by atoms with Crippen molar-refractivity contribution in [3.05, 3.63) is 56.5 Å². The van der Waals surface area contributed by atoms with Gasteiger partial charge in [0.05, 0.1) is 33.4 Å². The lowest BCUT2D eigenvalue weighted by atomic mass is 10.1. The first-order valence-corrected chi connectivity index (χ1v) is 7.48. The number of nitrogens with one attached hydrogen (secondary N) is 1. The number of hydrogen-bond acceptors (Lipinski definition) is 2. The van der Waals surface area contributed by atoms with E-state index < -0.39 is 17.6 Å². The molecule has 0 aliphatic heterocycles. The summed E-state index contributed by atoms with van der Waals surface area (Å²) in [6.45, 7) is 0. The average molecular weight is 399 g/mol. The molecule has 2 aromatic rings. The highest BCUT2D eigenvalue weighted by atomic mass is 35.5. The van der Waals surface area contributed by atoms with Crippen LogP contribution in [-0.2, 0) is 6.18 Å². The highest BCUT2D eigenvalue weighted by molar-refractivity contribution is 6.38. The topological polar surface area (TPSA) is 38.3 Å².